The first-order chi connectivity index (χ1) is 8.86. The molecule has 4 heteroatoms. The Kier molecular flexibility index (Phi) is 8.92. The van der Waals surface area contributed by atoms with Gasteiger partial charge in [-0.2, -0.15) is 0 Å². The summed E-state index contributed by atoms with van der Waals surface area (Å²) in [6.07, 6.45) is 2.68. The topological polar surface area (TPSA) is 52.6 Å². The van der Waals surface area contributed by atoms with Crippen molar-refractivity contribution < 1.29 is 19.1 Å². The van der Waals surface area contributed by atoms with Gasteiger partial charge in [0.15, 0.2) is 0 Å². The van der Waals surface area contributed by atoms with Gasteiger partial charge in [0.1, 0.15) is 6.10 Å². The average Bonchev–Trinajstić information content (AvgIpc) is 2.33. The molecule has 2 atom stereocenters. The van der Waals surface area contributed by atoms with Gasteiger partial charge in [0, 0.05) is 13.3 Å². The van der Waals surface area contributed by atoms with Crippen LogP contribution in [0.3, 0.4) is 0 Å². The molecule has 0 aliphatic rings. The Morgan fingerprint density at radius 2 is 1.79 bits per heavy atom. The zero-order valence-electron chi connectivity index (χ0n) is 12.5. The third kappa shape index (κ3) is 9.28. The van der Waals surface area contributed by atoms with Crippen molar-refractivity contribution in [2.75, 3.05) is 6.61 Å². The van der Waals surface area contributed by atoms with Crippen molar-refractivity contribution in [1.82, 2.24) is 0 Å². The Balaban J connectivity index is 4.00. The number of esters is 2. The molecule has 2 unspecified atom stereocenters. The van der Waals surface area contributed by atoms with Crippen molar-refractivity contribution in [3.05, 3.63) is 12.2 Å². The van der Waals surface area contributed by atoms with Gasteiger partial charge < -0.3 is 9.47 Å². The minimum absolute atomic E-state index is 0.194. The lowest BCUT2D eigenvalue weighted by Crippen LogP contribution is -2.19. The summed E-state index contributed by atoms with van der Waals surface area (Å²) in [6.45, 7) is 11.5. The van der Waals surface area contributed by atoms with E-state index in [2.05, 4.69) is 13.5 Å². The van der Waals surface area contributed by atoms with Gasteiger partial charge in [0.05, 0.1) is 6.61 Å². The number of carbonyl (C=O) groups is 2. The maximum atomic E-state index is 11.3. The molecular formula is C15H26O4. The number of ether oxygens (including phenoxy) is 2. The summed E-state index contributed by atoms with van der Waals surface area (Å²) in [7, 11) is 0. The zero-order chi connectivity index (χ0) is 14.8. The molecule has 19 heavy (non-hydrogen) atoms. The van der Waals surface area contributed by atoms with E-state index in [9.17, 15) is 9.59 Å². The lowest BCUT2D eigenvalue weighted by molar-refractivity contribution is -0.147. The first-order valence-corrected chi connectivity index (χ1v) is 6.85. The van der Waals surface area contributed by atoms with Crippen molar-refractivity contribution >= 4 is 11.9 Å². The van der Waals surface area contributed by atoms with Crippen molar-refractivity contribution in [2.24, 2.45) is 5.92 Å². The predicted octanol–water partition coefficient (Wildman–Crippen LogP) is 3.25. The molecule has 0 aliphatic carbocycles. The number of hydrogen-bond donors (Lipinski definition) is 0. The number of carbonyl (C=O) groups excluding carboxylic acids is 2. The zero-order valence-corrected chi connectivity index (χ0v) is 12.5. The maximum Gasteiger partial charge on any atom is 0.306 e. The van der Waals surface area contributed by atoms with Crippen LogP contribution < -0.4 is 0 Å². The summed E-state index contributed by atoms with van der Waals surface area (Å²) < 4.78 is 10.2. The van der Waals surface area contributed by atoms with Gasteiger partial charge >= 0.3 is 11.9 Å². The molecule has 0 N–H and O–H groups in total. The van der Waals surface area contributed by atoms with Gasteiger partial charge in [-0.1, -0.05) is 20.4 Å². The van der Waals surface area contributed by atoms with Crippen molar-refractivity contribution in [2.45, 2.75) is 59.5 Å². The van der Waals surface area contributed by atoms with E-state index in [0.717, 1.165) is 24.8 Å². The standard InChI is InChI=1S/C15H26O4/c1-6-15(17)19-14(11(2)3)8-7-12(4)9-10-18-13(5)16/h12,14H,2,6-10H2,1,3-5H3. The van der Waals surface area contributed by atoms with Crippen LogP contribution in [0.25, 0.3) is 0 Å². The van der Waals surface area contributed by atoms with E-state index in [1.807, 2.05) is 6.92 Å². The predicted molar refractivity (Wildman–Crippen MR) is 74.6 cm³/mol. The molecule has 0 aromatic heterocycles. The highest BCUT2D eigenvalue weighted by Crippen LogP contribution is 2.18. The second-order valence-electron chi connectivity index (χ2n) is 4.99. The van der Waals surface area contributed by atoms with Gasteiger partial charge in [0.2, 0.25) is 0 Å². The van der Waals surface area contributed by atoms with Crippen LogP contribution in [0.4, 0.5) is 0 Å². The molecule has 0 aromatic carbocycles. The third-order valence-electron chi connectivity index (χ3n) is 2.95. The van der Waals surface area contributed by atoms with Crippen LogP contribution in [0.1, 0.15) is 53.4 Å². The molecule has 0 amide bonds. The highest BCUT2D eigenvalue weighted by molar-refractivity contribution is 5.69. The fraction of sp³-hybridized carbons (Fsp3) is 0.733. The third-order valence-corrected chi connectivity index (χ3v) is 2.95. The Labute approximate surface area is 116 Å². The molecule has 110 valence electrons. The highest BCUT2D eigenvalue weighted by Gasteiger charge is 2.15. The van der Waals surface area contributed by atoms with Crippen molar-refractivity contribution in [3.8, 4) is 0 Å². The fourth-order valence-electron chi connectivity index (χ4n) is 1.63. The second-order valence-corrected chi connectivity index (χ2v) is 4.99. The van der Waals surface area contributed by atoms with Gasteiger partial charge in [0.25, 0.3) is 0 Å². The fourth-order valence-corrected chi connectivity index (χ4v) is 1.63. The van der Waals surface area contributed by atoms with Crippen LogP contribution >= 0.6 is 0 Å². The van der Waals surface area contributed by atoms with E-state index in [1.165, 1.54) is 6.92 Å². The van der Waals surface area contributed by atoms with E-state index in [1.54, 1.807) is 6.92 Å². The molecule has 0 bridgehead atoms. The highest BCUT2D eigenvalue weighted by atomic mass is 16.5. The minimum atomic E-state index is -0.246. The summed E-state index contributed by atoms with van der Waals surface area (Å²) in [6, 6.07) is 0. The van der Waals surface area contributed by atoms with Crippen LogP contribution in [0, 0.1) is 5.92 Å². The molecule has 0 aromatic rings. The minimum Gasteiger partial charge on any atom is -0.466 e. The Morgan fingerprint density at radius 1 is 1.16 bits per heavy atom. The maximum absolute atomic E-state index is 11.3. The van der Waals surface area contributed by atoms with E-state index >= 15 is 0 Å². The largest absolute Gasteiger partial charge is 0.466 e. The molecule has 0 spiro atoms. The van der Waals surface area contributed by atoms with Gasteiger partial charge in [-0.25, -0.2) is 0 Å². The SMILES string of the molecule is C=C(C)C(CCC(C)CCOC(C)=O)OC(=O)CC. The van der Waals surface area contributed by atoms with Gasteiger partial charge in [-0.05, 0) is 37.7 Å². The molecule has 0 aliphatic heterocycles. The number of hydrogen-bond acceptors (Lipinski definition) is 4. The monoisotopic (exact) mass is 270 g/mol. The average molecular weight is 270 g/mol. The first kappa shape index (κ1) is 17.7. The van der Waals surface area contributed by atoms with E-state index in [-0.39, 0.29) is 18.0 Å². The normalized spacial score (nSPS) is 13.5. The summed E-state index contributed by atoms with van der Waals surface area (Å²) in [4.78, 5) is 21.9. The van der Waals surface area contributed by atoms with Crippen LogP contribution in [0.2, 0.25) is 0 Å². The van der Waals surface area contributed by atoms with E-state index < -0.39 is 0 Å². The second kappa shape index (κ2) is 9.59. The lowest BCUT2D eigenvalue weighted by atomic mass is 9.97. The Morgan fingerprint density at radius 3 is 2.26 bits per heavy atom. The van der Waals surface area contributed by atoms with Crippen molar-refractivity contribution in [3.63, 3.8) is 0 Å². The summed E-state index contributed by atoms with van der Waals surface area (Å²) in [5.74, 6) is -0.0222. The van der Waals surface area contributed by atoms with Crippen LogP contribution in [0.5, 0.6) is 0 Å². The van der Waals surface area contributed by atoms with Crippen molar-refractivity contribution in [1.29, 1.82) is 0 Å². The van der Waals surface area contributed by atoms with Crippen LogP contribution in [-0.4, -0.2) is 24.6 Å². The lowest BCUT2D eigenvalue weighted by Gasteiger charge is -2.19. The molecule has 0 heterocycles. The Hall–Kier alpha value is -1.32. The molecule has 0 rings (SSSR count). The molecular weight excluding hydrogens is 244 g/mol. The molecule has 0 saturated heterocycles. The van der Waals surface area contributed by atoms with E-state index in [0.29, 0.717) is 18.9 Å². The Bertz CT molecular complexity index is 309. The van der Waals surface area contributed by atoms with E-state index in [4.69, 9.17) is 9.47 Å². The van der Waals surface area contributed by atoms with Crippen LogP contribution in [0.15, 0.2) is 12.2 Å². The molecule has 0 fully saturated rings. The van der Waals surface area contributed by atoms with Crippen LogP contribution in [-0.2, 0) is 19.1 Å². The molecule has 4 nitrogen and oxygen atoms in total. The quantitative estimate of drug-likeness (QED) is 0.476. The van der Waals surface area contributed by atoms with Gasteiger partial charge in [-0.3, -0.25) is 9.59 Å². The first-order valence-electron chi connectivity index (χ1n) is 6.85. The summed E-state index contributed by atoms with van der Waals surface area (Å²) in [5.41, 5.74) is 0.869. The smallest absolute Gasteiger partial charge is 0.306 e. The molecule has 0 radical (unpaired) electrons. The number of rotatable bonds is 9. The summed E-state index contributed by atoms with van der Waals surface area (Å²) in [5, 5.41) is 0. The van der Waals surface area contributed by atoms with Gasteiger partial charge in [-0.15, -0.1) is 0 Å². The molecule has 0 saturated carbocycles. The summed E-state index contributed by atoms with van der Waals surface area (Å²) >= 11 is 0.